The predicted molar refractivity (Wildman–Crippen MR) is 114 cm³/mol. The zero-order valence-corrected chi connectivity index (χ0v) is 16.5. The minimum absolute atomic E-state index is 0.232. The van der Waals surface area contributed by atoms with Gasteiger partial charge in [0.25, 0.3) is 11.8 Å². The van der Waals surface area contributed by atoms with Crippen molar-refractivity contribution in [3.8, 4) is 11.8 Å². The van der Waals surface area contributed by atoms with E-state index in [9.17, 15) is 9.59 Å². The average molecular weight is 399 g/mol. The largest absolute Gasteiger partial charge is 0.481 e. The number of hydrogen-bond donors (Lipinski definition) is 2. The molecular formula is C24H21N3O3. The van der Waals surface area contributed by atoms with Crippen LogP contribution in [0.1, 0.15) is 28.4 Å². The monoisotopic (exact) mass is 399 g/mol. The third-order valence-electron chi connectivity index (χ3n) is 4.38. The van der Waals surface area contributed by atoms with E-state index in [-0.39, 0.29) is 5.91 Å². The van der Waals surface area contributed by atoms with Crippen molar-refractivity contribution in [1.82, 2.24) is 5.32 Å². The molecule has 0 heterocycles. The number of anilines is 1. The molecule has 0 fully saturated rings. The highest BCUT2D eigenvalue weighted by molar-refractivity contribution is 5.96. The maximum Gasteiger partial charge on any atom is 0.265 e. The van der Waals surface area contributed by atoms with Gasteiger partial charge in [-0.15, -0.1) is 0 Å². The Bertz CT molecular complexity index is 1070. The maximum atomic E-state index is 12.4. The summed E-state index contributed by atoms with van der Waals surface area (Å²) >= 11 is 0. The Balaban J connectivity index is 1.60. The molecule has 0 aliphatic carbocycles. The molecule has 3 rings (SSSR count). The summed E-state index contributed by atoms with van der Waals surface area (Å²) in [6.45, 7) is 2.02. The quantitative estimate of drug-likeness (QED) is 0.630. The summed E-state index contributed by atoms with van der Waals surface area (Å²) in [6.07, 6.45) is -0.820. The first-order chi connectivity index (χ1) is 14.6. The molecule has 0 saturated carbocycles. The van der Waals surface area contributed by atoms with Gasteiger partial charge in [-0.2, -0.15) is 5.26 Å². The van der Waals surface area contributed by atoms with Gasteiger partial charge in [-0.1, -0.05) is 48.5 Å². The molecule has 6 nitrogen and oxygen atoms in total. The summed E-state index contributed by atoms with van der Waals surface area (Å²) in [7, 11) is 0. The Morgan fingerprint density at radius 3 is 2.50 bits per heavy atom. The van der Waals surface area contributed by atoms with Crippen LogP contribution in [-0.2, 0) is 11.3 Å². The topological polar surface area (TPSA) is 91.2 Å². The van der Waals surface area contributed by atoms with Crippen molar-refractivity contribution in [3.05, 3.63) is 95.6 Å². The third-order valence-corrected chi connectivity index (χ3v) is 4.38. The SMILES string of the molecule is C[C@@H](Oc1cccc(C(=O)NCc2ccccc2)c1)C(=O)Nc1ccccc1C#N. The van der Waals surface area contributed by atoms with Crippen molar-refractivity contribution in [2.24, 2.45) is 0 Å². The zero-order valence-electron chi connectivity index (χ0n) is 16.5. The Morgan fingerprint density at radius 2 is 1.73 bits per heavy atom. The molecular weight excluding hydrogens is 378 g/mol. The second-order valence-corrected chi connectivity index (χ2v) is 6.60. The van der Waals surface area contributed by atoms with Crippen LogP contribution >= 0.6 is 0 Å². The minimum atomic E-state index is -0.820. The lowest BCUT2D eigenvalue weighted by atomic mass is 10.1. The molecule has 0 unspecified atom stereocenters. The van der Waals surface area contributed by atoms with Gasteiger partial charge < -0.3 is 15.4 Å². The van der Waals surface area contributed by atoms with Gasteiger partial charge in [0.15, 0.2) is 6.10 Å². The predicted octanol–water partition coefficient (Wildman–Crippen LogP) is 3.89. The summed E-state index contributed by atoms with van der Waals surface area (Å²) in [4.78, 5) is 24.9. The van der Waals surface area contributed by atoms with Gasteiger partial charge in [-0.05, 0) is 42.8 Å². The lowest BCUT2D eigenvalue weighted by molar-refractivity contribution is -0.122. The summed E-state index contributed by atoms with van der Waals surface area (Å²) in [6, 6.07) is 25.0. The van der Waals surface area contributed by atoms with E-state index in [0.717, 1.165) is 5.56 Å². The van der Waals surface area contributed by atoms with E-state index in [1.807, 2.05) is 36.4 Å². The van der Waals surface area contributed by atoms with Crippen molar-refractivity contribution in [2.45, 2.75) is 19.6 Å². The van der Waals surface area contributed by atoms with Crippen molar-refractivity contribution >= 4 is 17.5 Å². The number of benzene rings is 3. The number of carbonyl (C=O) groups is 2. The molecule has 0 bridgehead atoms. The van der Waals surface area contributed by atoms with E-state index in [4.69, 9.17) is 10.00 Å². The first-order valence-electron chi connectivity index (χ1n) is 9.45. The van der Waals surface area contributed by atoms with Crippen molar-refractivity contribution in [2.75, 3.05) is 5.32 Å². The highest BCUT2D eigenvalue weighted by Crippen LogP contribution is 2.18. The third kappa shape index (κ3) is 5.46. The fourth-order valence-corrected chi connectivity index (χ4v) is 2.77. The molecule has 0 aromatic heterocycles. The van der Waals surface area contributed by atoms with E-state index >= 15 is 0 Å². The smallest absolute Gasteiger partial charge is 0.265 e. The fraction of sp³-hybridized carbons (Fsp3) is 0.125. The Labute approximate surface area is 175 Å². The van der Waals surface area contributed by atoms with Crippen LogP contribution in [0.3, 0.4) is 0 Å². The highest BCUT2D eigenvalue weighted by atomic mass is 16.5. The molecule has 0 saturated heterocycles. The molecule has 0 spiro atoms. The average Bonchev–Trinajstić information content (AvgIpc) is 2.78. The molecule has 30 heavy (non-hydrogen) atoms. The fourth-order valence-electron chi connectivity index (χ4n) is 2.77. The minimum Gasteiger partial charge on any atom is -0.481 e. The first kappa shape index (κ1) is 20.6. The Hall–Kier alpha value is -4.11. The van der Waals surface area contributed by atoms with Gasteiger partial charge >= 0.3 is 0 Å². The van der Waals surface area contributed by atoms with Gasteiger partial charge in [-0.3, -0.25) is 9.59 Å². The molecule has 0 radical (unpaired) electrons. The van der Waals surface area contributed by atoms with E-state index in [1.165, 1.54) is 0 Å². The Kier molecular flexibility index (Phi) is 6.80. The number of nitrogens with one attached hydrogen (secondary N) is 2. The van der Waals surface area contributed by atoms with Crippen LogP contribution in [0.15, 0.2) is 78.9 Å². The lowest BCUT2D eigenvalue weighted by Gasteiger charge is -2.16. The van der Waals surface area contributed by atoms with Crippen LogP contribution < -0.4 is 15.4 Å². The maximum absolute atomic E-state index is 12.4. The van der Waals surface area contributed by atoms with Crippen LogP contribution in [0, 0.1) is 11.3 Å². The molecule has 2 amide bonds. The molecule has 1 atom stereocenters. The van der Waals surface area contributed by atoms with Gasteiger partial charge in [0.1, 0.15) is 11.8 Å². The number of carbonyl (C=O) groups excluding carboxylic acids is 2. The van der Waals surface area contributed by atoms with E-state index < -0.39 is 12.0 Å². The van der Waals surface area contributed by atoms with Crippen LogP contribution in [0.25, 0.3) is 0 Å². The Morgan fingerprint density at radius 1 is 1.00 bits per heavy atom. The number of amides is 2. The van der Waals surface area contributed by atoms with Crippen LogP contribution in [0.4, 0.5) is 5.69 Å². The number of para-hydroxylation sites is 1. The van der Waals surface area contributed by atoms with Gasteiger partial charge in [0.05, 0.1) is 11.3 Å². The summed E-state index contributed by atoms with van der Waals surface area (Å²) < 4.78 is 5.70. The van der Waals surface area contributed by atoms with Gasteiger partial charge in [0, 0.05) is 12.1 Å². The molecule has 150 valence electrons. The second-order valence-electron chi connectivity index (χ2n) is 6.60. The number of nitrogens with zero attached hydrogens (tertiary/aromatic N) is 1. The molecule has 0 aliphatic heterocycles. The van der Waals surface area contributed by atoms with Gasteiger partial charge in [0.2, 0.25) is 0 Å². The van der Waals surface area contributed by atoms with E-state index in [2.05, 4.69) is 10.6 Å². The van der Waals surface area contributed by atoms with Crippen LogP contribution in [0.5, 0.6) is 5.75 Å². The summed E-state index contributed by atoms with van der Waals surface area (Å²) in [5.74, 6) is -0.223. The molecule has 3 aromatic rings. The second kappa shape index (κ2) is 9.89. The first-order valence-corrected chi connectivity index (χ1v) is 9.45. The van der Waals surface area contributed by atoms with Crippen LogP contribution in [0.2, 0.25) is 0 Å². The standard InChI is InChI=1S/C24H21N3O3/c1-17(23(28)27-22-13-6-5-10-20(22)15-25)30-21-12-7-11-19(14-21)24(29)26-16-18-8-3-2-4-9-18/h2-14,17H,16H2,1H3,(H,26,29)(H,27,28)/t17-/m1/s1. The summed E-state index contributed by atoms with van der Waals surface area (Å²) in [5.41, 5.74) is 2.23. The van der Waals surface area contributed by atoms with Crippen molar-refractivity contribution in [1.29, 1.82) is 5.26 Å². The summed E-state index contributed by atoms with van der Waals surface area (Å²) in [5, 5.41) is 14.7. The van der Waals surface area contributed by atoms with Gasteiger partial charge in [-0.25, -0.2) is 0 Å². The number of nitriles is 1. The number of rotatable bonds is 7. The number of ether oxygens (including phenoxy) is 1. The van der Waals surface area contributed by atoms with Crippen molar-refractivity contribution < 1.29 is 14.3 Å². The van der Waals surface area contributed by atoms with E-state index in [1.54, 1.807) is 55.5 Å². The van der Waals surface area contributed by atoms with E-state index in [0.29, 0.717) is 29.1 Å². The zero-order chi connectivity index (χ0) is 21.3. The highest BCUT2D eigenvalue weighted by Gasteiger charge is 2.17. The van der Waals surface area contributed by atoms with Crippen LogP contribution in [-0.4, -0.2) is 17.9 Å². The molecule has 6 heteroatoms. The molecule has 2 N–H and O–H groups in total. The normalized spacial score (nSPS) is 11.1. The van der Waals surface area contributed by atoms with Crippen molar-refractivity contribution in [3.63, 3.8) is 0 Å². The molecule has 3 aromatic carbocycles. The molecule has 0 aliphatic rings. The number of hydrogen-bond acceptors (Lipinski definition) is 4. The lowest BCUT2D eigenvalue weighted by Crippen LogP contribution is -2.30.